The van der Waals surface area contributed by atoms with Gasteiger partial charge in [-0.25, -0.2) is 9.67 Å². The number of amides is 1. The number of ether oxygens (including phenoxy) is 1. The number of carbonyl (C=O) groups excluding carboxylic acids is 1. The number of fused-ring (bicyclic) bond motifs is 2. The molecule has 0 bridgehead atoms. The average Bonchev–Trinajstić information content (AvgIpc) is 3.26. The van der Waals surface area contributed by atoms with Crippen LogP contribution in [0.3, 0.4) is 0 Å². The van der Waals surface area contributed by atoms with Gasteiger partial charge in [0.05, 0.1) is 36.0 Å². The summed E-state index contributed by atoms with van der Waals surface area (Å²) in [5.41, 5.74) is 2.32. The fraction of sp³-hybridized carbons (Fsp3) is 0.565. The minimum atomic E-state index is 0.0364. The Morgan fingerprint density at radius 2 is 2.09 bits per heavy atom. The van der Waals surface area contributed by atoms with Crippen molar-refractivity contribution in [3.63, 3.8) is 0 Å². The van der Waals surface area contributed by atoms with E-state index in [1.807, 2.05) is 41.2 Å². The van der Waals surface area contributed by atoms with Crippen LogP contribution >= 0.6 is 0 Å². The van der Waals surface area contributed by atoms with Crippen molar-refractivity contribution in [1.29, 1.82) is 0 Å². The highest BCUT2D eigenvalue weighted by Crippen LogP contribution is 2.56. The van der Waals surface area contributed by atoms with E-state index in [0.29, 0.717) is 24.3 Å². The molecule has 1 aliphatic heterocycles. The van der Waals surface area contributed by atoms with Crippen molar-refractivity contribution in [1.82, 2.24) is 29.2 Å². The van der Waals surface area contributed by atoms with E-state index in [0.717, 1.165) is 47.9 Å². The molecular formula is C23H29N7O2. The van der Waals surface area contributed by atoms with Gasteiger partial charge in [0.2, 0.25) is 5.95 Å². The van der Waals surface area contributed by atoms with Crippen molar-refractivity contribution in [2.75, 3.05) is 25.6 Å². The Kier molecular flexibility index (Phi) is 4.67. The third-order valence-corrected chi connectivity index (χ3v) is 7.38. The normalized spacial score (nSPS) is 26.6. The SMILES string of the molecule is COC[C@H]1CCCN1C(=O)c1cc(Nc2ncc3cnn(C4C[C@@H]5C[C@@H]5C4)c3n2)cn1C. The third-order valence-electron chi connectivity index (χ3n) is 7.38. The zero-order chi connectivity index (χ0) is 21.8. The number of anilines is 2. The molecule has 1 amide bonds. The molecule has 2 aliphatic carbocycles. The molecule has 3 aliphatic rings. The number of aryl methyl sites for hydroxylation is 1. The van der Waals surface area contributed by atoms with Gasteiger partial charge in [0, 0.05) is 33.1 Å². The fourth-order valence-corrected chi connectivity index (χ4v) is 5.64. The average molecular weight is 436 g/mol. The van der Waals surface area contributed by atoms with E-state index in [9.17, 15) is 4.79 Å². The lowest BCUT2D eigenvalue weighted by atomic mass is 10.2. The number of likely N-dealkylation sites (tertiary alicyclic amines) is 1. The van der Waals surface area contributed by atoms with E-state index in [1.165, 1.54) is 19.3 Å². The van der Waals surface area contributed by atoms with Gasteiger partial charge >= 0.3 is 0 Å². The molecule has 2 saturated carbocycles. The predicted octanol–water partition coefficient (Wildman–Crippen LogP) is 3.13. The Morgan fingerprint density at radius 1 is 1.25 bits per heavy atom. The molecule has 9 nitrogen and oxygen atoms in total. The summed E-state index contributed by atoms with van der Waals surface area (Å²) < 4.78 is 9.25. The number of carbonyl (C=O) groups is 1. The first-order chi connectivity index (χ1) is 15.6. The van der Waals surface area contributed by atoms with Gasteiger partial charge in [-0.1, -0.05) is 0 Å². The van der Waals surface area contributed by atoms with Crippen LogP contribution in [0.1, 0.15) is 48.6 Å². The molecule has 0 spiro atoms. The summed E-state index contributed by atoms with van der Waals surface area (Å²) >= 11 is 0. The van der Waals surface area contributed by atoms with E-state index in [-0.39, 0.29) is 11.9 Å². The molecule has 1 saturated heterocycles. The van der Waals surface area contributed by atoms with Crippen molar-refractivity contribution < 1.29 is 9.53 Å². The maximum atomic E-state index is 13.2. The van der Waals surface area contributed by atoms with Gasteiger partial charge in [0.1, 0.15) is 5.69 Å². The maximum Gasteiger partial charge on any atom is 0.270 e. The van der Waals surface area contributed by atoms with Gasteiger partial charge in [-0.05, 0) is 50.0 Å². The van der Waals surface area contributed by atoms with Gasteiger partial charge in [-0.2, -0.15) is 10.1 Å². The van der Waals surface area contributed by atoms with Crippen molar-refractivity contribution in [2.24, 2.45) is 18.9 Å². The Labute approximate surface area is 186 Å². The first-order valence-corrected chi connectivity index (χ1v) is 11.5. The lowest BCUT2D eigenvalue weighted by Gasteiger charge is -2.24. The largest absolute Gasteiger partial charge is 0.383 e. The van der Waals surface area contributed by atoms with Gasteiger partial charge in [0.25, 0.3) is 5.91 Å². The number of nitrogens with one attached hydrogen (secondary N) is 1. The molecule has 0 radical (unpaired) electrons. The molecule has 9 heteroatoms. The fourth-order valence-electron chi connectivity index (χ4n) is 5.64. The van der Waals surface area contributed by atoms with Crippen LogP contribution in [0.25, 0.3) is 11.0 Å². The van der Waals surface area contributed by atoms with Gasteiger partial charge in [-0.3, -0.25) is 4.79 Å². The minimum absolute atomic E-state index is 0.0364. The van der Waals surface area contributed by atoms with Crippen LogP contribution in [0.15, 0.2) is 24.7 Å². The first kappa shape index (κ1) is 19.7. The van der Waals surface area contributed by atoms with E-state index in [1.54, 1.807) is 7.11 Å². The van der Waals surface area contributed by atoms with Crippen LogP contribution < -0.4 is 5.32 Å². The maximum absolute atomic E-state index is 13.2. The second kappa shape index (κ2) is 7.58. The van der Waals surface area contributed by atoms with Crippen molar-refractivity contribution in [3.8, 4) is 0 Å². The van der Waals surface area contributed by atoms with E-state index in [2.05, 4.69) is 20.1 Å². The summed E-state index contributed by atoms with van der Waals surface area (Å²) in [4.78, 5) is 24.3. The standard InChI is InChI=1S/C23H29N7O2/c1-28-12-17(9-20(28)22(31)29-5-3-4-18(29)13-32-2)26-23-24-10-16-11-25-30(21(16)27-23)19-7-14-6-15(14)8-19/h9-12,14-15,18-19H,3-8,13H2,1-2H3,(H,24,26,27)/t14-,15+,18-,19?/m1/s1. The summed E-state index contributed by atoms with van der Waals surface area (Å²) in [6.45, 7) is 1.35. The second-order valence-corrected chi connectivity index (χ2v) is 9.54. The second-order valence-electron chi connectivity index (χ2n) is 9.54. The summed E-state index contributed by atoms with van der Waals surface area (Å²) in [5, 5.41) is 8.85. The van der Waals surface area contributed by atoms with Crippen LogP contribution in [0.5, 0.6) is 0 Å². The molecule has 3 fully saturated rings. The van der Waals surface area contributed by atoms with Crippen LogP contribution in [0.2, 0.25) is 0 Å². The Morgan fingerprint density at radius 3 is 2.91 bits per heavy atom. The van der Waals surface area contributed by atoms with Gasteiger partial charge < -0.3 is 19.5 Å². The Balaban J connectivity index is 1.22. The molecule has 1 unspecified atom stereocenters. The van der Waals surface area contributed by atoms with Crippen LogP contribution in [-0.2, 0) is 11.8 Å². The summed E-state index contributed by atoms with van der Waals surface area (Å²) in [5.74, 6) is 2.33. The highest BCUT2D eigenvalue weighted by atomic mass is 16.5. The molecule has 168 valence electrons. The van der Waals surface area contributed by atoms with Gasteiger partial charge in [0.15, 0.2) is 5.65 Å². The predicted molar refractivity (Wildman–Crippen MR) is 120 cm³/mol. The molecular weight excluding hydrogens is 406 g/mol. The first-order valence-electron chi connectivity index (χ1n) is 11.5. The Bertz CT molecular complexity index is 1160. The summed E-state index contributed by atoms with van der Waals surface area (Å²) in [7, 11) is 3.58. The summed E-state index contributed by atoms with van der Waals surface area (Å²) in [6.07, 6.45) is 11.4. The van der Waals surface area contributed by atoms with Crippen molar-refractivity contribution in [3.05, 3.63) is 30.4 Å². The number of hydrogen-bond donors (Lipinski definition) is 1. The number of hydrogen-bond acceptors (Lipinski definition) is 6. The smallest absolute Gasteiger partial charge is 0.270 e. The molecule has 3 aromatic heterocycles. The van der Waals surface area contributed by atoms with Gasteiger partial charge in [-0.15, -0.1) is 0 Å². The third kappa shape index (κ3) is 3.35. The quantitative estimate of drug-likeness (QED) is 0.640. The monoisotopic (exact) mass is 435 g/mol. The Hall–Kier alpha value is -2.94. The molecule has 1 N–H and O–H groups in total. The van der Waals surface area contributed by atoms with Crippen LogP contribution in [0.4, 0.5) is 11.6 Å². The molecule has 4 heterocycles. The lowest BCUT2D eigenvalue weighted by molar-refractivity contribution is 0.0621. The van der Waals surface area contributed by atoms with E-state index in [4.69, 9.17) is 9.72 Å². The van der Waals surface area contributed by atoms with E-state index < -0.39 is 0 Å². The number of rotatable bonds is 6. The topological polar surface area (TPSA) is 90.1 Å². The number of methoxy groups -OCH3 is 1. The number of aromatic nitrogens is 5. The molecule has 6 rings (SSSR count). The van der Waals surface area contributed by atoms with Crippen LogP contribution in [0, 0.1) is 11.8 Å². The highest BCUT2D eigenvalue weighted by Gasteiger charge is 2.47. The van der Waals surface area contributed by atoms with E-state index >= 15 is 0 Å². The molecule has 32 heavy (non-hydrogen) atoms. The minimum Gasteiger partial charge on any atom is -0.383 e. The van der Waals surface area contributed by atoms with Crippen molar-refractivity contribution >= 4 is 28.6 Å². The lowest BCUT2D eigenvalue weighted by Crippen LogP contribution is -2.38. The molecule has 3 aromatic rings. The number of nitrogens with zero attached hydrogens (tertiary/aromatic N) is 6. The summed E-state index contributed by atoms with van der Waals surface area (Å²) in [6, 6.07) is 2.46. The zero-order valence-corrected chi connectivity index (χ0v) is 18.6. The highest BCUT2D eigenvalue weighted by molar-refractivity contribution is 5.94. The zero-order valence-electron chi connectivity index (χ0n) is 18.6. The molecule has 4 atom stereocenters. The molecule has 0 aromatic carbocycles. The van der Waals surface area contributed by atoms with Crippen molar-refractivity contribution in [2.45, 2.75) is 44.2 Å². The van der Waals surface area contributed by atoms with Crippen LogP contribution in [-0.4, -0.2) is 61.4 Å².